The van der Waals surface area contributed by atoms with Gasteiger partial charge in [0.2, 0.25) is 0 Å². The third-order valence-corrected chi connectivity index (χ3v) is 12.6. The Labute approximate surface area is 284 Å². The molecule has 0 radical (unpaired) electrons. The molecule has 0 saturated heterocycles. The Balaban J connectivity index is 1.48. The van der Waals surface area contributed by atoms with E-state index in [0.717, 1.165) is 63.9 Å². The highest BCUT2D eigenvalue weighted by molar-refractivity contribution is 7.99. The van der Waals surface area contributed by atoms with E-state index in [1.165, 1.54) is 53.8 Å². The van der Waals surface area contributed by atoms with E-state index in [-0.39, 0.29) is 35.9 Å². The SMILES string of the molecule is CCCCCCSC(C)c1c2[nH]c(c1C)C=C1N=C(C3CC(=O)c4c3[nH]c(c4C)CC3=NC(=C(C)C3CC)C2)[C@@H](CCC(=O)O)C1C. The van der Waals surface area contributed by atoms with Crippen molar-refractivity contribution in [2.75, 3.05) is 5.75 Å². The third-order valence-electron chi connectivity index (χ3n) is 11.4. The van der Waals surface area contributed by atoms with Gasteiger partial charge in [-0.3, -0.25) is 19.6 Å². The predicted octanol–water partition coefficient (Wildman–Crippen LogP) is 9.47. The first-order valence-electron chi connectivity index (χ1n) is 17.9. The summed E-state index contributed by atoms with van der Waals surface area (Å²) in [5.41, 5.74) is 14.5. The van der Waals surface area contributed by atoms with Crippen molar-refractivity contribution in [3.63, 3.8) is 0 Å². The maximum absolute atomic E-state index is 13.6. The topological polar surface area (TPSA) is 111 Å². The number of nitrogens with zero attached hydrogens (tertiary/aromatic N) is 2. The number of thioether (sulfide) groups is 1. The molecule has 6 rings (SSSR count). The van der Waals surface area contributed by atoms with Gasteiger partial charge in [-0.2, -0.15) is 11.8 Å². The normalized spacial score (nSPS) is 24.1. The summed E-state index contributed by atoms with van der Waals surface area (Å²) in [5.74, 6) is 0.654. The van der Waals surface area contributed by atoms with E-state index in [0.29, 0.717) is 24.5 Å². The molecule has 0 saturated carbocycles. The van der Waals surface area contributed by atoms with E-state index in [1.807, 2.05) is 11.8 Å². The average Bonchev–Trinajstić information content (AvgIpc) is 3.78. The van der Waals surface area contributed by atoms with Crippen LogP contribution in [-0.2, 0) is 17.6 Å². The second-order valence-corrected chi connectivity index (χ2v) is 15.8. The molecule has 2 aromatic rings. The number of aromatic amines is 2. The molecule has 0 amide bonds. The number of allylic oxidation sites excluding steroid dienone is 3. The van der Waals surface area contributed by atoms with E-state index in [4.69, 9.17) is 9.98 Å². The van der Waals surface area contributed by atoms with Crippen LogP contribution in [0.1, 0.15) is 147 Å². The van der Waals surface area contributed by atoms with Crippen molar-refractivity contribution in [3.05, 3.63) is 62.0 Å². The van der Waals surface area contributed by atoms with Crippen LogP contribution in [0.5, 0.6) is 0 Å². The van der Waals surface area contributed by atoms with Crippen LogP contribution in [0.15, 0.2) is 27.0 Å². The molecule has 3 N–H and O–H groups in total. The van der Waals surface area contributed by atoms with Crippen molar-refractivity contribution < 1.29 is 14.7 Å². The minimum atomic E-state index is -0.796. The number of ketones is 1. The van der Waals surface area contributed by atoms with E-state index < -0.39 is 5.97 Å². The molecule has 1 aliphatic carbocycles. The first kappa shape index (κ1) is 33.8. The number of unbranched alkanes of at least 4 members (excludes halogenated alkanes) is 3. The molecule has 2 aromatic heterocycles. The summed E-state index contributed by atoms with van der Waals surface area (Å²) in [6.45, 7) is 15.6. The largest absolute Gasteiger partial charge is 0.481 e. The molecule has 8 bridgehead atoms. The fourth-order valence-electron chi connectivity index (χ4n) is 8.66. The number of carboxylic acid groups (broad SMARTS) is 1. The summed E-state index contributed by atoms with van der Waals surface area (Å²) in [5, 5.41) is 9.99. The number of aromatic nitrogens is 2. The molecule has 0 aromatic carbocycles. The van der Waals surface area contributed by atoms with Crippen molar-refractivity contribution in [1.82, 2.24) is 9.97 Å². The highest BCUT2D eigenvalue weighted by atomic mass is 32.2. The molecule has 4 unspecified atom stereocenters. The smallest absolute Gasteiger partial charge is 0.303 e. The lowest BCUT2D eigenvalue weighted by atomic mass is 9.81. The number of carboxylic acids is 1. The molecular formula is C39H52N4O3S. The number of fused-ring (bicyclic) bond motifs is 6. The highest BCUT2D eigenvalue weighted by Crippen LogP contribution is 2.47. The summed E-state index contributed by atoms with van der Waals surface area (Å²) in [4.78, 5) is 43.6. The van der Waals surface area contributed by atoms with Gasteiger partial charge in [-0.15, -0.1) is 0 Å². The maximum atomic E-state index is 13.6. The average molecular weight is 657 g/mol. The third kappa shape index (κ3) is 6.27. The van der Waals surface area contributed by atoms with Gasteiger partial charge in [-0.1, -0.05) is 40.0 Å². The highest BCUT2D eigenvalue weighted by Gasteiger charge is 2.44. The number of rotatable bonds is 11. The van der Waals surface area contributed by atoms with Crippen LogP contribution in [0.25, 0.3) is 6.08 Å². The first-order valence-corrected chi connectivity index (χ1v) is 18.9. The Hall–Kier alpha value is -3.13. The van der Waals surface area contributed by atoms with Crippen LogP contribution >= 0.6 is 11.8 Å². The molecule has 7 nitrogen and oxygen atoms in total. The summed E-state index contributed by atoms with van der Waals surface area (Å²) in [6, 6.07) is 0. The van der Waals surface area contributed by atoms with Gasteiger partial charge in [0.25, 0.3) is 0 Å². The number of aliphatic imine (C=N–C) groups is 2. The molecule has 5 heterocycles. The van der Waals surface area contributed by atoms with Crippen molar-refractivity contribution in [2.45, 2.75) is 124 Å². The van der Waals surface area contributed by atoms with Crippen molar-refractivity contribution in [1.29, 1.82) is 0 Å². The number of hydrogen-bond acceptors (Lipinski definition) is 5. The first-order chi connectivity index (χ1) is 22.5. The molecular weight excluding hydrogens is 605 g/mol. The van der Waals surface area contributed by atoms with Gasteiger partial charge in [0.05, 0.1) is 0 Å². The van der Waals surface area contributed by atoms with E-state index >= 15 is 0 Å². The summed E-state index contributed by atoms with van der Waals surface area (Å²) < 4.78 is 0. The molecule has 47 heavy (non-hydrogen) atoms. The fourth-order valence-corrected chi connectivity index (χ4v) is 9.87. The Bertz CT molecular complexity index is 1700. The predicted molar refractivity (Wildman–Crippen MR) is 194 cm³/mol. The number of nitrogens with one attached hydrogen (secondary N) is 2. The lowest BCUT2D eigenvalue weighted by Gasteiger charge is -2.21. The minimum Gasteiger partial charge on any atom is -0.481 e. The lowest BCUT2D eigenvalue weighted by Crippen LogP contribution is -2.23. The molecule has 0 fully saturated rings. The number of Topliss-reactive ketones (excluding diaryl/α,β-unsaturated/α-hetero) is 1. The van der Waals surface area contributed by atoms with Crippen LogP contribution in [0, 0.1) is 31.6 Å². The van der Waals surface area contributed by atoms with Crippen LogP contribution < -0.4 is 0 Å². The Kier molecular flexibility index (Phi) is 9.89. The molecule has 4 aliphatic rings. The summed E-state index contributed by atoms with van der Waals surface area (Å²) in [7, 11) is 0. The van der Waals surface area contributed by atoms with Crippen LogP contribution in [-0.4, -0.2) is 44.0 Å². The van der Waals surface area contributed by atoms with E-state index in [2.05, 4.69) is 64.5 Å². The van der Waals surface area contributed by atoms with E-state index in [9.17, 15) is 14.7 Å². The fraction of sp³-hybridized carbons (Fsp3) is 0.590. The summed E-state index contributed by atoms with van der Waals surface area (Å²) in [6.07, 6.45) is 10.7. The lowest BCUT2D eigenvalue weighted by molar-refractivity contribution is -0.137. The molecule has 3 aliphatic heterocycles. The van der Waals surface area contributed by atoms with Gasteiger partial charge in [0.1, 0.15) is 0 Å². The number of carbonyl (C=O) groups excluding carboxylic acids is 1. The van der Waals surface area contributed by atoms with Crippen molar-refractivity contribution in [3.8, 4) is 0 Å². The zero-order chi connectivity index (χ0) is 33.6. The summed E-state index contributed by atoms with van der Waals surface area (Å²) >= 11 is 2.05. The van der Waals surface area contributed by atoms with Crippen LogP contribution in [0.3, 0.4) is 0 Å². The Morgan fingerprint density at radius 3 is 2.57 bits per heavy atom. The zero-order valence-electron chi connectivity index (χ0n) is 29.3. The number of hydrogen-bond donors (Lipinski definition) is 3. The van der Waals surface area contributed by atoms with Gasteiger partial charge in [0, 0.05) is 106 Å². The number of aliphatic carboxylic acids is 1. The van der Waals surface area contributed by atoms with Gasteiger partial charge in [-0.05, 0) is 81.0 Å². The second kappa shape index (κ2) is 13.8. The number of H-pyrrole nitrogens is 2. The number of carbonyl (C=O) groups is 2. The standard InChI is InChI=1S/C39H52N4O3S/c1-8-10-11-12-15-47-24(7)36-22(5)30-17-29-21(4)26(13-14-35(45)46)38(42-29)27-16-34(44)37-23(6)31(43-39(27)37)18-32-25(9-2)20(3)28(40-32)19-33(36)41-30/h17,21,24-27,41,43H,8-16,18-19H2,1-7H3,(H,45,46)/t21?,24?,25?,26-,27?/m0/s1. The minimum absolute atomic E-state index is 0.0340. The van der Waals surface area contributed by atoms with Crippen molar-refractivity contribution in [2.24, 2.45) is 27.7 Å². The van der Waals surface area contributed by atoms with Gasteiger partial charge < -0.3 is 15.1 Å². The molecule has 252 valence electrons. The van der Waals surface area contributed by atoms with Gasteiger partial charge >= 0.3 is 5.97 Å². The van der Waals surface area contributed by atoms with E-state index in [1.54, 1.807) is 0 Å². The molecule has 5 atom stereocenters. The molecule has 8 heteroatoms. The Morgan fingerprint density at radius 2 is 1.85 bits per heavy atom. The van der Waals surface area contributed by atoms with Crippen molar-refractivity contribution >= 4 is 41.0 Å². The quantitative estimate of drug-likeness (QED) is 0.209. The monoisotopic (exact) mass is 656 g/mol. The molecule has 0 spiro atoms. The van der Waals surface area contributed by atoms with Gasteiger partial charge in [0.15, 0.2) is 5.78 Å². The van der Waals surface area contributed by atoms with Crippen LogP contribution in [0.4, 0.5) is 0 Å². The maximum Gasteiger partial charge on any atom is 0.303 e. The zero-order valence-corrected chi connectivity index (χ0v) is 30.1. The van der Waals surface area contributed by atoms with Crippen LogP contribution in [0.2, 0.25) is 0 Å². The van der Waals surface area contributed by atoms with Gasteiger partial charge in [-0.25, -0.2) is 0 Å². The Morgan fingerprint density at radius 1 is 1.06 bits per heavy atom. The second-order valence-electron chi connectivity index (χ2n) is 14.3.